The van der Waals surface area contributed by atoms with Gasteiger partial charge >= 0.3 is 0 Å². The molecule has 0 aliphatic rings. The maximum absolute atomic E-state index is 11.3. The fraction of sp³-hybridized carbons (Fsp3) is 0.263. The molecule has 0 unspecified atom stereocenters. The van der Waals surface area contributed by atoms with E-state index in [1.807, 2.05) is 37.4 Å². The third-order valence-electron chi connectivity index (χ3n) is 3.31. The van der Waals surface area contributed by atoms with Gasteiger partial charge in [-0.05, 0) is 55.3 Å². The fourth-order valence-electron chi connectivity index (χ4n) is 2.12. The largest absolute Gasteiger partial charge is 0.508 e. The summed E-state index contributed by atoms with van der Waals surface area (Å²) in [6.45, 7) is 9.06. The monoisotopic (exact) mass is 343 g/mol. The standard InChI is InChI=1S/C19H21NO3S/c1-12(2)20-9-16(14(4)22)10-23-17-5-6-18-15(7-13(3)21)11-24-19(18)8-17/h5-6,8-9,11,22H,4,7,10H2,1-3H3/b16-9-. The number of nitrogens with zero attached hydrogens (tertiary/aromatic N) is 1. The SMILES string of the molecule is C=C(O)/C(=C\N=C(C)C)COc1ccc2c(CC(C)=O)csc2c1. The van der Waals surface area contributed by atoms with Crippen molar-refractivity contribution in [2.45, 2.75) is 27.2 Å². The lowest BCUT2D eigenvalue weighted by molar-refractivity contribution is -0.116. The third kappa shape index (κ3) is 4.80. The molecular weight excluding hydrogens is 322 g/mol. The second kappa shape index (κ2) is 7.93. The number of aliphatic imine (C=N–C) groups is 1. The van der Waals surface area contributed by atoms with Crippen LogP contribution < -0.4 is 4.74 Å². The summed E-state index contributed by atoms with van der Waals surface area (Å²) in [5.41, 5.74) is 2.46. The van der Waals surface area contributed by atoms with Gasteiger partial charge in [-0.1, -0.05) is 6.58 Å². The average Bonchev–Trinajstić information content (AvgIpc) is 2.88. The van der Waals surface area contributed by atoms with Gasteiger partial charge in [0.1, 0.15) is 23.9 Å². The number of hydrogen-bond acceptors (Lipinski definition) is 5. The number of carbonyl (C=O) groups excluding carboxylic acids is 1. The summed E-state index contributed by atoms with van der Waals surface area (Å²) in [4.78, 5) is 15.5. The van der Waals surface area contributed by atoms with Crippen molar-refractivity contribution >= 4 is 32.9 Å². The Morgan fingerprint density at radius 1 is 1.38 bits per heavy atom. The van der Waals surface area contributed by atoms with E-state index in [2.05, 4.69) is 11.6 Å². The lowest BCUT2D eigenvalue weighted by Crippen LogP contribution is -2.03. The minimum absolute atomic E-state index is 0.0547. The van der Waals surface area contributed by atoms with E-state index in [9.17, 15) is 9.90 Å². The zero-order valence-corrected chi connectivity index (χ0v) is 14.9. The van der Waals surface area contributed by atoms with Crippen LogP contribution in [0.3, 0.4) is 0 Å². The maximum atomic E-state index is 11.3. The summed E-state index contributed by atoms with van der Waals surface area (Å²) >= 11 is 1.59. The van der Waals surface area contributed by atoms with Crippen LogP contribution in [0.1, 0.15) is 26.3 Å². The first kappa shape index (κ1) is 17.9. The van der Waals surface area contributed by atoms with Crippen molar-refractivity contribution in [2.24, 2.45) is 4.99 Å². The van der Waals surface area contributed by atoms with Gasteiger partial charge in [0, 0.05) is 28.6 Å². The van der Waals surface area contributed by atoms with E-state index in [-0.39, 0.29) is 18.1 Å². The number of fused-ring (bicyclic) bond motifs is 1. The lowest BCUT2D eigenvalue weighted by Gasteiger charge is -2.08. The molecule has 0 amide bonds. The van der Waals surface area contributed by atoms with Gasteiger partial charge in [0.2, 0.25) is 0 Å². The van der Waals surface area contributed by atoms with Gasteiger partial charge < -0.3 is 9.84 Å². The normalized spacial score (nSPS) is 11.4. The molecule has 126 valence electrons. The van der Waals surface area contributed by atoms with Gasteiger partial charge in [-0.3, -0.25) is 9.79 Å². The lowest BCUT2D eigenvalue weighted by atomic mass is 10.1. The zero-order valence-electron chi connectivity index (χ0n) is 14.1. The molecule has 2 aromatic rings. The van der Waals surface area contributed by atoms with E-state index in [1.165, 1.54) is 0 Å². The Balaban J connectivity index is 2.15. The van der Waals surface area contributed by atoms with E-state index in [4.69, 9.17) is 4.74 Å². The minimum Gasteiger partial charge on any atom is -0.508 e. The Morgan fingerprint density at radius 2 is 2.12 bits per heavy atom. The highest BCUT2D eigenvalue weighted by Crippen LogP contribution is 2.30. The van der Waals surface area contributed by atoms with Crippen molar-refractivity contribution in [3.63, 3.8) is 0 Å². The van der Waals surface area contributed by atoms with Crippen LogP contribution in [0.4, 0.5) is 0 Å². The Kier molecular flexibility index (Phi) is 5.93. The molecule has 0 fully saturated rings. The quantitative estimate of drug-likeness (QED) is 0.444. The maximum Gasteiger partial charge on any atom is 0.134 e. The molecule has 0 aliphatic carbocycles. The summed E-state index contributed by atoms with van der Waals surface area (Å²) in [7, 11) is 0. The van der Waals surface area contributed by atoms with Gasteiger partial charge in [-0.2, -0.15) is 0 Å². The van der Waals surface area contributed by atoms with E-state index in [1.54, 1.807) is 24.5 Å². The number of ketones is 1. The number of ether oxygens (including phenoxy) is 1. The topological polar surface area (TPSA) is 58.9 Å². The summed E-state index contributed by atoms with van der Waals surface area (Å²) in [6.07, 6.45) is 2.01. The number of aliphatic hydroxyl groups is 1. The number of benzene rings is 1. The Labute approximate surface area is 145 Å². The Bertz CT molecular complexity index is 826. The molecule has 2 rings (SSSR count). The van der Waals surface area contributed by atoms with Crippen LogP contribution in [-0.4, -0.2) is 23.2 Å². The second-order valence-electron chi connectivity index (χ2n) is 5.76. The van der Waals surface area contributed by atoms with Crippen LogP contribution in [0.5, 0.6) is 5.75 Å². The number of carbonyl (C=O) groups is 1. The van der Waals surface area contributed by atoms with Crippen molar-refractivity contribution in [2.75, 3.05) is 6.61 Å². The van der Waals surface area contributed by atoms with E-state index >= 15 is 0 Å². The molecule has 0 saturated heterocycles. The zero-order chi connectivity index (χ0) is 17.7. The molecule has 0 spiro atoms. The number of aliphatic hydroxyl groups excluding tert-OH is 1. The van der Waals surface area contributed by atoms with Crippen molar-refractivity contribution in [3.05, 3.63) is 53.3 Å². The smallest absolute Gasteiger partial charge is 0.134 e. The van der Waals surface area contributed by atoms with Crippen molar-refractivity contribution in [3.8, 4) is 5.75 Å². The molecular formula is C19H21NO3S. The van der Waals surface area contributed by atoms with Gasteiger partial charge in [0.25, 0.3) is 0 Å². The molecule has 0 bridgehead atoms. The number of Topliss-reactive ketones (excluding diaryl/α,β-unsaturated/α-hetero) is 1. The van der Waals surface area contributed by atoms with Crippen LogP contribution in [0, 0.1) is 0 Å². The highest BCUT2D eigenvalue weighted by atomic mass is 32.1. The molecule has 0 atom stereocenters. The molecule has 1 aromatic carbocycles. The highest BCUT2D eigenvalue weighted by Gasteiger charge is 2.08. The molecule has 1 heterocycles. The van der Waals surface area contributed by atoms with Crippen LogP contribution in [0.2, 0.25) is 0 Å². The molecule has 1 aromatic heterocycles. The highest BCUT2D eigenvalue weighted by molar-refractivity contribution is 7.17. The average molecular weight is 343 g/mol. The van der Waals surface area contributed by atoms with Gasteiger partial charge in [0.15, 0.2) is 0 Å². The molecule has 0 aliphatic heterocycles. The van der Waals surface area contributed by atoms with Gasteiger partial charge in [-0.15, -0.1) is 11.3 Å². The third-order valence-corrected chi connectivity index (χ3v) is 4.30. The molecule has 24 heavy (non-hydrogen) atoms. The molecule has 1 N–H and O–H groups in total. The first-order valence-corrected chi connectivity index (χ1v) is 8.45. The second-order valence-corrected chi connectivity index (χ2v) is 6.67. The Morgan fingerprint density at radius 3 is 2.75 bits per heavy atom. The number of rotatable bonds is 7. The first-order chi connectivity index (χ1) is 11.4. The fourth-order valence-corrected chi connectivity index (χ4v) is 3.11. The van der Waals surface area contributed by atoms with E-state index < -0.39 is 0 Å². The van der Waals surface area contributed by atoms with Crippen LogP contribution in [0.25, 0.3) is 10.1 Å². The molecule has 0 radical (unpaired) electrons. The predicted molar refractivity (Wildman–Crippen MR) is 100 cm³/mol. The minimum atomic E-state index is -0.0547. The first-order valence-electron chi connectivity index (χ1n) is 7.57. The van der Waals surface area contributed by atoms with Gasteiger partial charge in [0.05, 0.1) is 0 Å². The van der Waals surface area contributed by atoms with Crippen molar-refractivity contribution in [1.29, 1.82) is 0 Å². The van der Waals surface area contributed by atoms with Gasteiger partial charge in [-0.25, -0.2) is 0 Å². The molecule has 4 nitrogen and oxygen atoms in total. The summed E-state index contributed by atoms with van der Waals surface area (Å²) in [5.74, 6) is 0.794. The summed E-state index contributed by atoms with van der Waals surface area (Å²) < 4.78 is 6.81. The van der Waals surface area contributed by atoms with Crippen LogP contribution in [0.15, 0.2) is 52.7 Å². The number of hydrogen-bond donors (Lipinski definition) is 1. The van der Waals surface area contributed by atoms with Crippen LogP contribution >= 0.6 is 11.3 Å². The summed E-state index contributed by atoms with van der Waals surface area (Å²) in [6, 6.07) is 5.77. The van der Waals surface area contributed by atoms with E-state index in [0.717, 1.165) is 21.4 Å². The number of thiophene rings is 1. The predicted octanol–water partition coefficient (Wildman–Crippen LogP) is 4.85. The van der Waals surface area contributed by atoms with Crippen molar-refractivity contribution < 1.29 is 14.6 Å². The Hall–Kier alpha value is -2.40. The molecule has 5 heteroatoms. The van der Waals surface area contributed by atoms with Crippen molar-refractivity contribution in [1.82, 2.24) is 0 Å². The molecule has 0 saturated carbocycles. The van der Waals surface area contributed by atoms with E-state index in [0.29, 0.717) is 17.7 Å². The van der Waals surface area contributed by atoms with Crippen LogP contribution in [-0.2, 0) is 11.2 Å². The summed E-state index contributed by atoms with van der Waals surface area (Å²) in [5, 5.41) is 12.7.